The van der Waals surface area contributed by atoms with E-state index in [1.165, 1.54) is 16.7 Å². The molecule has 2 N–H and O–H groups in total. The fourth-order valence-corrected chi connectivity index (χ4v) is 1.76. The Morgan fingerprint density at radius 1 is 1.20 bits per heavy atom. The highest BCUT2D eigenvalue weighted by Crippen LogP contribution is 2.30. The van der Waals surface area contributed by atoms with Gasteiger partial charge in [-0.3, -0.25) is 0 Å². The Morgan fingerprint density at radius 2 is 1.80 bits per heavy atom. The highest BCUT2D eigenvalue weighted by atomic mass is 14.6. The smallest absolute Gasteiger partial charge is 0.0355 e. The van der Waals surface area contributed by atoms with E-state index in [2.05, 4.69) is 52.0 Å². The summed E-state index contributed by atoms with van der Waals surface area (Å²) in [4.78, 5) is 0. The van der Waals surface area contributed by atoms with E-state index < -0.39 is 0 Å². The monoisotopic (exact) mass is 203 g/mol. The van der Waals surface area contributed by atoms with Gasteiger partial charge in [-0.05, 0) is 48.1 Å². The molecule has 0 aliphatic rings. The van der Waals surface area contributed by atoms with Gasteiger partial charge in [0, 0.05) is 5.69 Å². The molecule has 15 heavy (non-hydrogen) atoms. The second-order valence-corrected chi connectivity index (χ2v) is 5.05. The van der Waals surface area contributed by atoms with Crippen molar-refractivity contribution in [2.24, 2.45) is 0 Å². The first-order chi connectivity index (χ1) is 6.86. The van der Waals surface area contributed by atoms with Crippen LogP contribution in [-0.2, 0) is 5.41 Å². The van der Waals surface area contributed by atoms with Gasteiger partial charge in [0.1, 0.15) is 0 Å². The maximum Gasteiger partial charge on any atom is 0.0355 e. The number of rotatable bonds is 1. The van der Waals surface area contributed by atoms with Crippen LogP contribution in [0.1, 0.15) is 44.4 Å². The largest absolute Gasteiger partial charge is 0.398 e. The summed E-state index contributed by atoms with van der Waals surface area (Å²) in [5.74, 6) is 0. The van der Waals surface area contributed by atoms with Crippen LogP contribution in [0.15, 0.2) is 18.2 Å². The highest BCUT2D eigenvalue weighted by molar-refractivity contribution is 5.63. The number of nitrogen functional groups attached to an aromatic ring is 1. The molecule has 1 aromatic carbocycles. The van der Waals surface area contributed by atoms with Crippen molar-refractivity contribution in [3.05, 3.63) is 34.9 Å². The predicted octanol–water partition coefficient (Wildman–Crippen LogP) is 3.91. The summed E-state index contributed by atoms with van der Waals surface area (Å²) < 4.78 is 0. The van der Waals surface area contributed by atoms with E-state index in [-0.39, 0.29) is 5.41 Å². The second-order valence-electron chi connectivity index (χ2n) is 5.05. The zero-order valence-corrected chi connectivity index (χ0v) is 10.4. The zero-order chi connectivity index (χ0) is 11.6. The normalized spacial score (nSPS) is 12.3. The van der Waals surface area contributed by atoms with Gasteiger partial charge in [-0.1, -0.05) is 32.9 Å². The zero-order valence-electron chi connectivity index (χ0n) is 10.4. The van der Waals surface area contributed by atoms with E-state index in [1.807, 2.05) is 6.92 Å². The van der Waals surface area contributed by atoms with Gasteiger partial charge in [0.25, 0.3) is 0 Å². The van der Waals surface area contributed by atoms with Crippen molar-refractivity contribution in [1.82, 2.24) is 0 Å². The first-order valence-corrected chi connectivity index (χ1v) is 5.39. The fraction of sp³-hybridized carbons (Fsp3) is 0.429. The molecule has 0 saturated carbocycles. The molecule has 0 heterocycles. The van der Waals surface area contributed by atoms with Crippen LogP contribution in [0.4, 0.5) is 5.69 Å². The van der Waals surface area contributed by atoms with E-state index in [0.29, 0.717) is 0 Å². The summed E-state index contributed by atoms with van der Waals surface area (Å²) in [5.41, 5.74) is 10.8. The molecule has 0 radical (unpaired) electrons. The van der Waals surface area contributed by atoms with Crippen molar-refractivity contribution in [2.75, 3.05) is 5.73 Å². The molecular formula is C14H21N. The van der Waals surface area contributed by atoms with E-state index in [4.69, 9.17) is 5.73 Å². The molecule has 0 atom stereocenters. The Balaban J connectivity index is 3.36. The van der Waals surface area contributed by atoms with Crippen molar-refractivity contribution < 1.29 is 0 Å². The van der Waals surface area contributed by atoms with Crippen molar-refractivity contribution >= 4 is 11.8 Å². The lowest BCUT2D eigenvalue weighted by Gasteiger charge is -2.22. The SMILES string of the molecule is C/C=C\c1cc(C(C)(C)C)c(N)cc1C. The van der Waals surface area contributed by atoms with Crippen LogP contribution in [0.25, 0.3) is 6.08 Å². The van der Waals surface area contributed by atoms with Crippen LogP contribution in [0, 0.1) is 6.92 Å². The average Bonchev–Trinajstić information content (AvgIpc) is 2.07. The van der Waals surface area contributed by atoms with Gasteiger partial charge in [-0.25, -0.2) is 0 Å². The number of anilines is 1. The molecular weight excluding hydrogens is 182 g/mol. The minimum Gasteiger partial charge on any atom is -0.398 e. The molecule has 0 saturated heterocycles. The van der Waals surface area contributed by atoms with Crippen LogP contribution < -0.4 is 5.73 Å². The summed E-state index contributed by atoms with van der Waals surface area (Å²) in [5, 5.41) is 0. The Labute approximate surface area is 93.0 Å². The summed E-state index contributed by atoms with van der Waals surface area (Å²) in [7, 11) is 0. The van der Waals surface area contributed by atoms with Crippen molar-refractivity contribution in [3.63, 3.8) is 0 Å². The van der Waals surface area contributed by atoms with Gasteiger partial charge in [-0.15, -0.1) is 0 Å². The van der Waals surface area contributed by atoms with Crippen LogP contribution in [-0.4, -0.2) is 0 Å². The van der Waals surface area contributed by atoms with Crippen molar-refractivity contribution in [2.45, 2.75) is 40.0 Å². The van der Waals surface area contributed by atoms with Crippen LogP contribution in [0.3, 0.4) is 0 Å². The lowest BCUT2D eigenvalue weighted by atomic mass is 9.84. The second kappa shape index (κ2) is 4.09. The molecule has 1 rings (SSSR count). The molecule has 0 amide bonds. The summed E-state index contributed by atoms with van der Waals surface area (Å²) in [6.07, 6.45) is 4.19. The Morgan fingerprint density at radius 3 is 2.27 bits per heavy atom. The molecule has 0 fully saturated rings. The van der Waals surface area contributed by atoms with Gasteiger partial charge in [0.2, 0.25) is 0 Å². The minimum absolute atomic E-state index is 0.105. The third-order valence-electron chi connectivity index (χ3n) is 2.59. The molecule has 82 valence electrons. The summed E-state index contributed by atoms with van der Waals surface area (Å²) >= 11 is 0. The van der Waals surface area contributed by atoms with E-state index in [9.17, 15) is 0 Å². The standard InChI is InChI=1S/C14H21N/c1-6-7-11-9-12(14(3,4)5)13(15)8-10(11)2/h6-9H,15H2,1-5H3/b7-6-. The number of hydrogen-bond donors (Lipinski definition) is 1. The van der Waals surface area contributed by atoms with Crippen LogP contribution >= 0.6 is 0 Å². The molecule has 0 spiro atoms. The average molecular weight is 203 g/mol. The Hall–Kier alpha value is -1.24. The maximum atomic E-state index is 6.05. The number of allylic oxidation sites excluding steroid dienone is 1. The third-order valence-corrected chi connectivity index (χ3v) is 2.59. The number of aryl methyl sites for hydroxylation is 1. The number of hydrogen-bond acceptors (Lipinski definition) is 1. The van der Waals surface area contributed by atoms with Gasteiger partial charge in [0.15, 0.2) is 0 Å². The first-order valence-electron chi connectivity index (χ1n) is 5.39. The van der Waals surface area contributed by atoms with Gasteiger partial charge < -0.3 is 5.73 Å². The number of nitrogens with two attached hydrogens (primary N) is 1. The summed E-state index contributed by atoms with van der Waals surface area (Å²) in [6, 6.07) is 4.26. The fourth-order valence-electron chi connectivity index (χ4n) is 1.76. The van der Waals surface area contributed by atoms with E-state index in [0.717, 1.165) is 5.69 Å². The van der Waals surface area contributed by atoms with E-state index in [1.54, 1.807) is 0 Å². The highest BCUT2D eigenvalue weighted by Gasteiger charge is 2.17. The topological polar surface area (TPSA) is 26.0 Å². The van der Waals surface area contributed by atoms with Crippen LogP contribution in [0.5, 0.6) is 0 Å². The third kappa shape index (κ3) is 2.62. The molecule has 1 heteroatoms. The molecule has 0 aliphatic heterocycles. The first kappa shape index (κ1) is 11.8. The van der Waals surface area contributed by atoms with Crippen molar-refractivity contribution in [3.8, 4) is 0 Å². The van der Waals surface area contributed by atoms with Crippen LogP contribution in [0.2, 0.25) is 0 Å². The van der Waals surface area contributed by atoms with Gasteiger partial charge >= 0.3 is 0 Å². The molecule has 0 bridgehead atoms. The molecule has 0 unspecified atom stereocenters. The minimum atomic E-state index is 0.105. The molecule has 1 aromatic rings. The Bertz CT molecular complexity index is 381. The lowest BCUT2D eigenvalue weighted by molar-refractivity contribution is 0.592. The predicted molar refractivity (Wildman–Crippen MR) is 69.0 cm³/mol. The number of benzene rings is 1. The quantitative estimate of drug-likeness (QED) is 0.688. The Kier molecular flexibility index (Phi) is 3.23. The molecule has 0 aromatic heterocycles. The van der Waals surface area contributed by atoms with Gasteiger partial charge in [-0.2, -0.15) is 0 Å². The van der Waals surface area contributed by atoms with Crippen molar-refractivity contribution in [1.29, 1.82) is 0 Å². The lowest BCUT2D eigenvalue weighted by Crippen LogP contribution is -2.14. The maximum absolute atomic E-state index is 6.05. The molecule has 1 nitrogen and oxygen atoms in total. The van der Waals surface area contributed by atoms with E-state index >= 15 is 0 Å². The summed E-state index contributed by atoms with van der Waals surface area (Å²) in [6.45, 7) is 10.7. The molecule has 0 aliphatic carbocycles. The van der Waals surface area contributed by atoms with Gasteiger partial charge in [0.05, 0.1) is 0 Å².